The molecule has 0 radical (unpaired) electrons. The largest absolute Gasteiger partial charge is 0.455 e. The number of benzene rings is 1. The third-order valence-electron chi connectivity index (χ3n) is 4.94. The number of sulfone groups is 1. The van der Waals surface area contributed by atoms with Gasteiger partial charge in [-0.05, 0) is 66.6 Å². The normalized spacial score (nSPS) is 16.0. The minimum absolute atomic E-state index is 0.0453. The zero-order valence-electron chi connectivity index (χ0n) is 17.9. The van der Waals surface area contributed by atoms with Crippen molar-refractivity contribution < 1.29 is 27.5 Å². The number of carbonyl (C=O) groups is 2. The Morgan fingerprint density at radius 2 is 2.06 bits per heavy atom. The fourth-order valence-electron chi connectivity index (χ4n) is 3.53. The Morgan fingerprint density at radius 1 is 1.31 bits per heavy atom. The first kappa shape index (κ1) is 24.2. The van der Waals surface area contributed by atoms with Crippen molar-refractivity contribution in [3.8, 4) is 11.5 Å². The van der Waals surface area contributed by atoms with Gasteiger partial charge in [0.1, 0.15) is 11.5 Å². The maximum atomic E-state index is 12.2. The van der Waals surface area contributed by atoms with Crippen LogP contribution in [0.3, 0.4) is 0 Å². The molecule has 1 fully saturated rings. The lowest BCUT2D eigenvalue weighted by molar-refractivity contribution is -0.129. The average molecular weight is 573 g/mol. The van der Waals surface area contributed by atoms with Crippen molar-refractivity contribution in [1.29, 1.82) is 0 Å². The second-order valence-electron chi connectivity index (χ2n) is 7.29. The van der Waals surface area contributed by atoms with Gasteiger partial charge in [-0.25, -0.2) is 18.2 Å². The Hall–Kier alpha value is -2.41. The van der Waals surface area contributed by atoms with Crippen LogP contribution < -0.4 is 10.1 Å². The number of carbonyl (C=O) groups excluding carboxylic acids is 2. The summed E-state index contributed by atoms with van der Waals surface area (Å²) in [5.41, 5.74) is 1.28. The van der Waals surface area contributed by atoms with Crippen LogP contribution in [0.25, 0.3) is 0 Å². The van der Waals surface area contributed by atoms with Crippen LogP contribution >= 0.6 is 22.6 Å². The lowest BCUT2D eigenvalue weighted by Gasteiger charge is -2.26. The molecule has 172 valence electrons. The summed E-state index contributed by atoms with van der Waals surface area (Å²) in [5.74, 6) is 0.805. The maximum Gasteiger partial charge on any atom is 0.411 e. The summed E-state index contributed by atoms with van der Waals surface area (Å²) >= 11 is 2.08. The van der Waals surface area contributed by atoms with Crippen molar-refractivity contribution in [2.24, 2.45) is 0 Å². The number of nitrogens with one attached hydrogen (secondary N) is 1. The van der Waals surface area contributed by atoms with Crippen molar-refractivity contribution in [3.05, 3.63) is 39.6 Å². The molecule has 2 amide bonds. The fraction of sp³-hybridized carbons (Fsp3) is 0.381. The quantitative estimate of drug-likeness (QED) is 0.517. The lowest BCUT2D eigenvalue weighted by atomic mass is 10.0. The van der Waals surface area contributed by atoms with E-state index in [1.165, 1.54) is 25.3 Å². The third kappa shape index (κ3) is 5.68. The van der Waals surface area contributed by atoms with E-state index in [4.69, 9.17) is 9.47 Å². The number of amides is 2. The topological polar surface area (TPSA) is 115 Å². The van der Waals surface area contributed by atoms with Crippen LogP contribution in [0.1, 0.15) is 38.3 Å². The van der Waals surface area contributed by atoms with Gasteiger partial charge in [0.2, 0.25) is 5.91 Å². The predicted molar refractivity (Wildman–Crippen MR) is 127 cm³/mol. The Balaban J connectivity index is 2.01. The zero-order valence-corrected chi connectivity index (χ0v) is 20.9. The van der Waals surface area contributed by atoms with Crippen LogP contribution in [0.15, 0.2) is 35.5 Å². The van der Waals surface area contributed by atoms with E-state index in [-0.39, 0.29) is 23.6 Å². The molecule has 1 atom stereocenters. The van der Waals surface area contributed by atoms with Gasteiger partial charge < -0.3 is 14.4 Å². The van der Waals surface area contributed by atoms with Crippen LogP contribution in [0.2, 0.25) is 0 Å². The second kappa shape index (κ2) is 10.0. The summed E-state index contributed by atoms with van der Waals surface area (Å²) in [5, 5.41) is 2.68. The van der Waals surface area contributed by atoms with Crippen LogP contribution in [0.4, 0.5) is 10.5 Å². The molecule has 0 spiro atoms. The summed E-state index contributed by atoms with van der Waals surface area (Å²) in [6.07, 6.45) is 3.46. The number of anilines is 1. The Bertz CT molecular complexity index is 1120. The molecule has 32 heavy (non-hydrogen) atoms. The first-order valence-electron chi connectivity index (χ1n) is 9.98. The highest BCUT2D eigenvalue weighted by Gasteiger charge is 2.31. The minimum atomic E-state index is -3.42. The smallest absolute Gasteiger partial charge is 0.411 e. The number of nitrogens with zero attached hydrogens (tertiary/aromatic N) is 2. The van der Waals surface area contributed by atoms with Crippen molar-refractivity contribution in [2.45, 2.75) is 37.8 Å². The summed E-state index contributed by atoms with van der Waals surface area (Å²) < 4.78 is 35.1. The van der Waals surface area contributed by atoms with E-state index < -0.39 is 15.9 Å². The molecule has 0 bridgehead atoms. The van der Waals surface area contributed by atoms with Gasteiger partial charge in [0.15, 0.2) is 14.9 Å². The van der Waals surface area contributed by atoms with Gasteiger partial charge in [-0.1, -0.05) is 0 Å². The van der Waals surface area contributed by atoms with Crippen LogP contribution in [0.5, 0.6) is 11.5 Å². The van der Waals surface area contributed by atoms with Gasteiger partial charge >= 0.3 is 6.09 Å². The second-order valence-corrected chi connectivity index (χ2v) is 10.4. The maximum absolute atomic E-state index is 12.2. The number of pyridine rings is 1. The zero-order chi connectivity index (χ0) is 23.5. The first-order chi connectivity index (χ1) is 15.1. The number of hydrogen-bond acceptors (Lipinski definition) is 7. The van der Waals surface area contributed by atoms with Crippen molar-refractivity contribution in [3.63, 3.8) is 0 Å². The van der Waals surface area contributed by atoms with Gasteiger partial charge in [-0.3, -0.25) is 10.1 Å². The molecule has 11 heteroatoms. The predicted octanol–water partition coefficient (Wildman–Crippen LogP) is 4.13. The minimum Gasteiger partial charge on any atom is -0.455 e. The van der Waals surface area contributed by atoms with Gasteiger partial charge in [-0.2, -0.15) is 0 Å². The van der Waals surface area contributed by atoms with Crippen LogP contribution in [-0.4, -0.2) is 49.7 Å². The molecule has 2 heterocycles. The summed E-state index contributed by atoms with van der Waals surface area (Å²) in [6, 6.07) is 6.24. The molecule has 0 saturated carbocycles. The van der Waals surface area contributed by atoms with Crippen molar-refractivity contribution >= 4 is 50.1 Å². The van der Waals surface area contributed by atoms with E-state index in [1.807, 2.05) is 0 Å². The van der Waals surface area contributed by atoms with Gasteiger partial charge in [0.25, 0.3) is 0 Å². The Kier molecular flexibility index (Phi) is 7.59. The average Bonchev–Trinajstić information content (AvgIpc) is 3.20. The van der Waals surface area contributed by atoms with Gasteiger partial charge in [0.05, 0.1) is 24.5 Å². The molecule has 1 N–H and O–H groups in total. The highest BCUT2D eigenvalue weighted by Crippen LogP contribution is 2.41. The van der Waals surface area contributed by atoms with Crippen molar-refractivity contribution in [1.82, 2.24) is 9.88 Å². The molecule has 0 aliphatic carbocycles. The molecule has 1 saturated heterocycles. The SMILES string of the molecule is CCOC(=O)Nc1cc([C@H]2CCCN2C(C)=O)c(Oc2ccc(S(C)(=O)=O)nc2)cc1I. The van der Waals surface area contributed by atoms with Crippen molar-refractivity contribution in [2.75, 3.05) is 24.7 Å². The molecular formula is C21H24IN3O6S. The van der Waals surface area contributed by atoms with E-state index in [1.54, 1.807) is 24.0 Å². The van der Waals surface area contributed by atoms with E-state index in [0.717, 1.165) is 24.7 Å². The lowest BCUT2D eigenvalue weighted by Crippen LogP contribution is -2.28. The number of aromatic nitrogens is 1. The fourth-order valence-corrected chi connectivity index (χ4v) is 4.67. The first-order valence-corrected chi connectivity index (χ1v) is 13.0. The molecule has 2 aromatic rings. The van der Waals surface area contributed by atoms with E-state index in [2.05, 4.69) is 32.9 Å². The van der Waals surface area contributed by atoms with Gasteiger partial charge in [0, 0.05) is 28.9 Å². The molecule has 1 aromatic heterocycles. The van der Waals surface area contributed by atoms with E-state index in [0.29, 0.717) is 27.3 Å². The standard InChI is InChI=1S/C21H24IN3O6S/c1-4-30-21(27)24-17-10-15(18-6-5-9-25(18)13(2)26)19(11-16(17)22)31-14-7-8-20(23-12-14)32(3,28)29/h7-8,10-12,18H,4-6,9H2,1-3H3,(H,24,27)/t18-/m1/s1. The molecule has 1 aliphatic heterocycles. The molecule has 1 aromatic carbocycles. The molecule has 1 aliphatic rings. The van der Waals surface area contributed by atoms with Crippen LogP contribution in [-0.2, 0) is 19.4 Å². The molecule has 0 unspecified atom stereocenters. The summed E-state index contributed by atoms with van der Waals surface area (Å²) in [6.45, 7) is 4.13. The van der Waals surface area contributed by atoms with E-state index in [9.17, 15) is 18.0 Å². The number of hydrogen-bond donors (Lipinski definition) is 1. The number of likely N-dealkylation sites (tertiary alicyclic amines) is 1. The van der Waals surface area contributed by atoms with Gasteiger partial charge in [-0.15, -0.1) is 0 Å². The highest BCUT2D eigenvalue weighted by atomic mass is 127. The van der Waals surface area contributed by atoms with E-state index >= 15 is 0 Å². The Morgan fingerprint density at radius 3 is 2.66 bits per heavy atom. The molecular weight excluding hydrogens is 549 g/mol. The van der Waals surface area contributed by atoms with Crippen LogP contribution in [0, 0.1) is 3.57 Å². The molecule has 3 rings (SSSR count). The summed E-state index contributed by atoms with van der Waals surface area (Å²) in [7, 11) is -3.42. The number of ether oxygens (including phenoxy) is 2. The Labute approximate surface area is 200 Å². The third-order valence-corrected chi connectivity index (χ3v) is 6.84. The molecule has 9 nitrogen and oxygen atoms in total. The summed E-state index contributed by atoms with van der Waals surface area (Å²) in [4.78, 5) is 29.9. The number of rotatable bonds is 6. The number of halogens is 1. The monoisotopic (exact) mass is 573 g/mol. The highest BCUT2D eigenvalue weighted by molar-refractivity contribution is 14.1.